The summed E-state index contributed by atoms with van der Waals surface area (Å²) in [6, 6.07) is 10.8. The number of nitrogens with two attached hydrogens (primary N) is 1. The van der Waals surface area contributed by atoms with Gasteiger partial charge in [-0.25, -0.2) is 4.98 Å². The third-order valence-electron chi connectivity index (χ3n) is 10.2. The second kappa shape index (κ2) is 14.8. The number of thiophene rings is 1. The number of alkyl halides is 3. The van der Waals surface area contributed by atoms with Crippen LogP contribution in [0, 0.1) is 24.2 Å². The number of aromatic nitrogens is 3. The lowest BCUT2D eigenvalue weighted by atomic mass is 9.92. The Bertz CT molecular complexity index is 1800. The normalized spacial score (nSPS) is 18.6. The van der Waals surface area contributed by atoms with Crippen molar-refractivity contribution < 1.29 is 18.3 Å². The van der Waals surface area contributed by atoms with E-state index in [2.05, 4.69) is 67.0 Å². The van der Waals surface area contributed by atoms with Crippen molar-refractivity contribution in [1.82, 2.24) is 24.3 Å². The molecule has 49 heavy (non-hydrogen) atoms. The van der Waals surface area contributed by atoms with E-state index in [1.54, 1.807) is 13.1 Å². The number of aryl methyl sites for hydroxylation is 1. The van der Waals surface area contributed by atoms with Gasteiger partial charge in [-0.15, -0.1) is 11.3 Å². The predicted molar refractivity (Wildman–Crippen MR) is 189 cm³/mol. The van der Waals surface area contributed by atoms with Gasteiger partial charge in [-0.2, -0.15) is 23.4 Å². The van der Waals surface area contributed by atoms with E-state index >= 15 is 0 Å². The molecule has 3 aromatic heterocycles. The maximum Gasteiger partial charge on any atom is 0.393 e. The number of nitrogens with zero attached hydrogens (tertiary/aromatic N) is 6. The van der Waals surface area contributed by atoms with Crippen molar-refractivity contribution >= 4 is 44.2 Å². The van der Waals surface area contributed by atoms with Gasteiger partial charge in [0.15, 0.2) is 0 Å². The van der Waals surface area contributed by atoms with Crippen LogP contribution in [-0.4, -0.2) is 87.2 Å². The zero-order chi connectivity index (χ0) is 34.9. The molecule has 5 heterocycles. The van der Waals surface area contributed by atoms with Gasteiger partial charge < -0.3 is 26.0 Å². The van der Waals surface area contributed by atoms with Gasteiger partial charge in [0.1, 0.15) is 28.6 Å². The van der Waals surface area contributed by atoms with Gasteiger partial charge >= 0.3 is 6.18 Å². The fraction of sp³-hybridized carbons (Fsp3) is 0.571. The number of fused-ring (bicyclic) bond motifs is 2. The molecule has 0 saturated carbocycles. The molecule has 0 amide bonds. The van der Waals surface area contributed by atoms with Crippen LogP contribution in [0.5, 0.6) is 0 Å². The first-order valence-electron chi connectivity index (χ1n) is 17.1. The summed E-state index contributed by atoms with van der Waals surface area (Å²) >= 11 is 1.06. The van der Waals surface area contributed by atoms with Crippen molar-refractivity contribution in [1.29, 1.82) is 5.26 Å². The molecule has 1 unspecified atom stereocenters. The van der Waals surface area contributed by atoms with E-state index in [0.29, 0.717) is 40.0 Å². The van der Waals surface area contributed by atoms with Crippen LogP contribution >= 0.6 is 11.3 Å². The fourth-order valence-corrected chi connectivity index (χ4v) is 8.54. The molecule has 6 rings (SSSR count). The highest BCUT2D eigenvalue weighted by molar-refractivity contribution is 7.18. The number of anilines is 2. The Morgan fingerprint density at radius 1 is 1.10 bits per heavy atom. The summed E-state index contributed by atoms with van der Waals surface area (Å²) in [5.74, 6) is 1.41. The van der Waals surface area contributed by atoms with Gasteiger partial charge in [0.05, 0.1) is 11.8 Å². The molecule has 0 radical (unpaired) electrons. The average molecular weight is 698 g/mol. The monoisotopic (exact) mass is 697 g/mol. The quantitative estimate of drug-likeness (QED) is 0.143. The number of rotatable bonds is 11. The van der Waals surface area contributed by atoms with Crippen LogP contribution in [0.15, 0.2) is 24.3 Å². The molecule has 2 aliphatic rings. The topological polar surface area (TPSA) is 131 Å². The SMILES string of the molecule is CNc1nc(NC2CCN(Cc3ccc4c(cc(C#N)n4C[C@H](C)N4CCC(CC(N)O)CC4)c3C)CC2)c2cc(CC(F)(F)F)sc2n1. The molecule has 0 bridgehead atoms. The first kappa shape index (κ1) is 35.3. The molecule has 2 atom stereocenters. The van der Waals surface area contributed by atoms with Crippen LogP contribution in [0.25, 0.3) is 21.1 Å². The van der Waals surface area contributed by atoms with Crippen LogP contribution in [0.2, 0.25) is 0 Å². The van der Waals surface area contributed by atoms with Gasteiger partial charge in [-0.3, -0.25) is 9.80 Å². The van der Waals surface area contributed by atoms with Crippen molar-refractivity contribution in [2.75, 3.05) is 43.9 Å². The van der Waals surface area contributed by atoms with E-state index in [0.717, 1.165) is 87.2 Å². The molecular weight excluding hydrogens is 652 g/mol. The van der Waals surface area contributed by atoms with Crippen molar-refractivity contribution in [2.24, 2.45) is 11.7 Å². The van der Waals surface area contributed by atoms with Gasteiger partial charge in [0.25, 0.3) is 0 Å². The van der Waals surface area contributed by atoms with E-state index in [1.165, 1.54) is 11.1 Å². The summed E-state index contributed by atoms with van der Waals surface area (Å²) in [6.07, 6.45) is -1.56. The van der Waals surface area contributed by atoms with E-state index in [1.807, 2.05) is 6.07 Å². The lowest BCUT2D eigenvalue weighted by molar-refractivity contribution is -0.126. The Morgan fingerprint density at radius 2 is 1.84 bits per heavy atom. The molecule has 0 spiro atoms. The molecule has 10 nitrogen and oxygen atoms in total. The Balaban J connectivity index is 1.09. The number of halogens is 3. The number of benzene rings is 1. The lowest BCUT2D eigenvalue weighted by Gasteiger charge is -2.36. The minimum Gasteiger partial charge on any atom is -0.379 e. The number of likely N-dealkylation sites (tertiary alicyclic amines) is 2. The third-order valence-corrected chi connectivity index (χ3v) is 11.3. The standard InChI is InChI=1S/C35H46F3N9OS/c1-21(46-12-6-23(7-13-46)14-31(40)48)19-47-26(18-39)15-28-22(2)24(4-5-30(28)47)20-45-10-8-25(9-11-45)42-32-29-16-27(17-35(36,37)38)49-33(29)44-34(41-3)43-32/h4-5,15-16,21,23,25,31,48H,6-14,17,19-20,40H2,1-3H3,(H2,41,42,43,44)/t21-,31?/m0/s1. The number of piperidine rings is 2. The van der Waals surface area contributed by atoms with Crippen LogP contribution in [-0.2, 0) is 19.5 Å². The molecule has 4 aromatic rings. The number of nitriles is 1. The van der Waals surface area contributed by atoms with Crippen LogP contribution < -0.4 is 16.4 Å². The smallest absolute Gasteiger partial charge is 0.379 e. The Morgan fingerprint density at radius 3 is 2.49 bits per heavy atom. The molecular formula is C35H46F3N9OS. The summed E-state index contributed by atoms with van der Waals surface area (Å²) in [5, 5.41) is 27.8. The summed E-state index contributed by atoms with van der Waals surface area (Å²) in [5.41, 5.74) is 9.79. The largest absolute Gasteiger partial charge is 0.393 e. The summed E-state index contributed by atoms with van der Waals surface area (Å²) in [6.45, 7) is 9.58. The minimum atomic E-state index is -4.28. The molecule has 2 aliphatic heterocycles. The van der Waals surface area contributed by atoms with Crippen LogP contribution in [0.4, 0.5) is 24.9 Å². The van der Waals surface area contributed by atoms with E-state index in [-0.39, 0.29) is 17.0 Å². The molecule has 2 fully saturated rings. The molecule has 14 heteroatoms. The van der Waals surface area contributed by atoms with Crippen LogP contribution in [0.3, 0.4) is 0 Å². The van der Waals surface area contributed by atoms with Crippen molar-refractivity contribution in [3.63, 3.8) is 0 Å². The lowest BCUT2D eigenvalue weighted by Crippen LogP contribution is -2.42. The first-order valence-corrected chi connectivity index (χ1v) is 18.0. The van der Waals surface area contributed by atoms with E-state index in [4.69, 9.17) is 5.73 Å². The second-order valence-electron chi connectivity index (χ2n) is 13.7. The molecule has 2 saturated heterocycles. The summed E-state index contributed by atoms with van der Waals surface area (Å²) < 4.78 is 41.4. The summed E-state index contributed by atoms with van der Waals surface area (Å²) in [7, 11) is 1.70. The highest BCUT2D eigenvalue weighted by Crippen LogP contribution is 2.35. The Hall–Kier alpha value is -3.48. The average Bonchev–Trinajstić information content (AvgIpc) is 3.63. The fourth-order valence-electron chi connectivity index (χ4n) is 7.48. The highest BCUT2D eigenvalue weighted by atomic mass is 32.1. The predicted octanol–water partition coefficient (Wildman–Crippen LogP) is 5.82. The van der Waals surface area contributed by atoms with Gasteiger partial charge in [-0.05, 0) is 94.3 Å². The zero-order valence-corrected chi connectivity index (χ0v) is 29.2. The summed E-state index contributed by atoms with van der Waals surface area (Å²) in [4.78, 5) is 14.6. The van der Waals surface area contributed by atoms with Crippen LogP contribution in [0.1, 0.15) is 60.7 Å². The van der Waals surface area contributed by atoms with Gasteiger partial charge in [-0.1, -0.05) is 6.07 Å². The Labute approximate surface area is 289 Å². The molecule has 5 N–H and O–H groups in total. The number of hydrogen-bond donors (Lipinski definition) is 4. The first-order chi connectivity index (χ1) is 23.4. The third kappa shape index (κ3) is 8.29. The van der Waals surface area contributed by atoms with Gasteiger partial charge in [0.2, 0.25) is 5.95 Å². The maximum atomic E-state index is 13.1. The minimum absolute atomic E-state index is 0.140. The number of hydrogen-bond acceptors (Lipinski definition) is 10. The number of aliphatic hydroxyl groups is 1. The number of nitrogens with one attached hydrogen (secondary N) is 2. The van der Waals surface area contributed by atoms with Crippen molar-refractivity contribution in [2.45, 2.75) is 89.9 Å². The Kier molecular flexibility index (Phi) is 10.7. The van der Waals surface area contributed by atoms with Crippen molar-refractivity contribution in [3.05, 3.63) is 46.0 Å². The van der Waals surface area contributed by atoms with E-state index in [9.17, 15) is 23.5 Å². The molecule has 0 aliphatic carbocycles. The molecule has 1 aromatic carbocycles. The van der Waals surface area contributed by atoms with Crippen molar-refractivity contribution in [3.8, 4) is 6.07 Å². The number of aliphatic hydroxyl groups excluding tert-OH is 1. The maximum absolute atomic E-state index is 13.1. The van der Waals surface area contributed by atoms with E-state index < -0.39 is 18.8 Å². The second-order valence-corrected chi connectivity index (χ2v) is 14.8. The zero-order valence-electron chi connectivity index (χ0n) is 28.4. The molecule has 264 valence electrons. The highest BCUT2D eigenvalue weighted by Gasteiger charge is 2.30. The van der Waals surface area contributed by atoms with Gasteiger partial charge in [0, 0.05) is 61.1 Å².